The first-order valence-corrected chi connectivity index (χ1v) is 10.2. The Morgan fingerprint density at radius 1 is 1.19 bits per heavy atom. The zero-order valence-electron chi connectivity index (χ0n) is 15.7. The number of hydrogen-bond donors (Lipinski definition) is 1. The highest BCUT2D eigenvalue weighted by Gasteiger charge is 2.32. The van der Waals surface area contributed by atoms with E-state index < -0.39 is 16.0 Å². The molecular weight excluding hydrogens is 366 g/mol. The highest BCUT2D eigenvalue weighted by atomic mass is 32.2. The van der Waals surface area contributed by atoms with Crippen molar-refractivity contribution in [2.75, 3.05) is 18.0 Å². The number of hydrogen-bond acceptors (Lipinski definition) is 4. The highest BCUT2D eigenvalue weighted by Crippen LogP contribution is 2.36. The molecule has 0 amide bonds. The van der Waals surface area contributed by atoms with Crippen molar-refractivity contribution in [3.8, 4) is 5.75 Å². The minimum Gasteiger partial charge on any atom is -0.497 e. The predicted molar refractivity (Wildman–Crippen MR) is 103 cm³/mol. The SMILES string of the molecule is COc1cc(C)c(S(=O)(=O)N2CCCc3ccc(CC(=O)O)cc32)c(C)c1. The van der Waals surface area contributed by atoms with Crippen LogP contribution in [-0.4, -0.2) is 33.1 Å². The Morgan fingerprint density at radius 2 is 1.85 bits per heavy atom. The maximum absolute atomic E-state index is 13.5. The van der Waals surface area contributed by atoms with Crippen molar-refractivity contribution < 1.29 is 23.1 Å². The van der Waals surface area contributed by atoms with Crippen LogP contribution in [0.2, 0.25) is 0 Å². The number of aryl methyl sites for hydroxylation is 3. The van der Waals surface area contributed by atoms with E-state index in [4.69, 9.17) is 9.84 Å². The van der Waals surface area contributed by atoms with Crippen LogP contribution >= 0.6 is 0 Å². The first-order chi connectivity index (χ1) is 12.7. The molecule has 2 aromatic rings. The van der Waals surface area contributed by atoms with E-state index >= 15 is 0 Å². The summed E-state index contributed by atoms with van der Waals surface area (Å²) in [5.41, 5.74) is 3.34. The topological polar surface area (TPSA) is 83.9 Å². The smallest absolute Gasteiger partial charge is 0.307 e. The summed E-state index contributed by atoms with van der Waals surface area (Å²) >= 11 is 0. The molecule has 0 saturated heterocycles. The summed E-state index contributed by atoms with van der Waals surface area (Å²) in [6.07, 6.45) is 1.36. The van der Waals surface area contributed by atoms with Gasteiger partial charge in [-0.15, -0.1) is 0 Å². The number of sulfonamides is 1. The normalized spacial score (nSPS) is 14.0. The highest BCUT2D eigenvalue weighted by molar-refractivity contribution is 7.93. The molecular formula is C20H23NO5S. The number of anilines is 1. The molecule has 0 spiro atoms. The van der Waals surface area contributed by atoms with Gasteiger partial charge >= 0.3 is 5.97 Å². The number of fused-ring (bicyclic) bond motifs is 1. The molecule has 0 fully saturated rings. The van der Waals surface area contributed by atoms with E-state index in [2.05, 4.69) is 0 Å². The van der Waals surface area contributed by atoms with Gasteiger partial charge in [0.15, 0.2) is 0 Å². The van der Waals surface area contributed by atoms with Crippen molar-refractivity contribution in [1.29, 1.82) is 0 Å². The van der Waals surface area contributed by atoms with Gasteiger partial charge in [0.1, 0.15) is 5.75 Å². The molecule has 1 aliphatic rings. The molecule has 3 rings (SSSR count). The van der Waals surface area contributed by atoms with Gasteiger partial charge < -0.3 is 9.84 Å². The van der Waals surface area contributed by atoms with E-state index in [0.717, 1.165) is 18.4 Å². The van der Waals surface area contributed by atoms with E-state index in [1.807, 2.05) is 6.07 Å². The Bertz CT molecular complexity index is 974. The number of ether oxygens (including phenoxy) is 1. The lowest BCUT2D eigenvalue weighted by Crippen LogP contribution is -2.36. The van der Waals surface area contributed by atoms with Gasteiger partial charge in [-0.25, -0.2) is 8.42 Å². The Hall–Kier alpha value is -2.54. The Morgan fingerprint density at radius 3 is 2.44 bits per heavy atom. The van der Waals surface area contributed by atoms with E-state index in [1.165, 1.54) is 4.31 Å². The second-order valence-electron chi connectivity index (χ2n) is 6.80. The first kappa shape index (κ1) is 19.2. The monoisotopic (exact) mass is 389 g/mol. The Kier molecular flexibility index (Phi) is 5.15. The van der Waals surface area contributed by atoms with Gasteiger partial charge in [0.05, 0.1) is 24.1 Å². The summed E-state index contributed by atoms with van der Waals surface area (Å²) in [5.74, 6) is -0.325. The van der Waals surface area contributed by atoms with Gasteiger partial charge in [0.25, 0.3) is 10.0 Å². The van der Waals surface area contributed by atoms with Crippen LogP contribution in [0.1, 0.15) is 28.7 Å². The minimum atomic E-state index is -3.78. The van der Waals surface area contributed by atoms with Gasteiger partial charge in [-0.3, -0.25) is 9.10 Å². The molecule has 2 aromatic carbocycles. The van der Waals surface area contributed by atoms with Crippen LogP contribution in [0.3, 0.4) is 0 Å². The van der Waals surface area contributed by atoms with E-state index in [0.29, 0.717) is 34.7 Å². The lowest BCUT2D eigenvalue weighted by Gasteiger charge is -2.32. The number of nitrogens with zero attached hydrogens (tertiary/aromatic N) is 1. The number of rotatable bonds is 5. The van der Waals surface area contributed by atoms with E-state index in [1.54, 1.807) is 45.2 Å². The zero-order valence-corrected chi connectivity index (χ0v) is 16.5. The molecule has 0 bridgehead atoms. The van der Waals surface area contributed by atoms with E-state index in [9.17, 15) is 13.2 Å². The molecule has 0 aromatic heterocycles. The Labute approximate surface area is 159 Å². The molecule has 1 N–H and O–H groups in total. The second kappa shape index (κ2) is 7.23. The van der Waals surface area contributed by atoms with Gasteiger partial charge in [0.2, 0.25) is 0 Å². The maximum atomic E-state index is 13.5. The average molecular weight is 389 g/mol. The lowest BCUT2D eigenvalue weighted by atomic mass is 10.0. The fourth-order valence-electron chi connectivity index (χ4n) is 3.67. The third-order valence-corrected chi connectivity index (χ3v) is 6.92. The summed E-state index contributed by atoms with van der Waals surface area (Å²) in [6.45, 7) is 3.89. The zero-order chi connectivity index (χ0) is 19.8. The third kappa shape index (κ3) is 3.64. The summed E-state index contributed by atoms with van der Waals surface area (Å²) in [7, 11) is -2.23. The van der Waals surface area contributed by atoms with Crippen molar-refractivity contribution in [2.45, 2.75) is 38.0 Å². The lowest BCUT2D eigenvalue weighted by molar-refractivity contribution is -0.136. The molecule has 7 heteroatoms. The van der Waals surface area contributed by atoms with Gasteiger partial charge in [-0.05, 0) is 67.1 Å². The number of carbonyl (C=O) groups is 1. The molecule has 144 valence electrons. The van der Waals surface area contributed by atoms with Gasteiger partial charge in [-0.2, -0.15) is 0 Å². The summed E-state index contributed by atoms with van der Waals surface area (Å²) < 4.78 is 33.6. The van der Waals surface area contributed by atoms with Crippen LogP contribution < -0.4 is 9.04 Å². The number of methoxy groups -OCH3 is 1. The van der Waals surface area contributed by atoms with Crippen molar-refractivity contribution >= 4 is 21.7 Å². The van der Waals surface area contributed by atoms with Crippen molar-refractivity contribution in [3.05, 3.63) is 52.6 Å². The fourth-order valence-corrected chi connectivity index (χ4v) is 5.62. The van der Waals surface area contributed by atoms with Crippen LogP contribution in [-0.2, 0) is 27.7 Å². The van der Waals surface area contributed by atoms with Crippen LogP contribution in [0.4, 0.5) is 5.69 Å². The van der Waals surface area contributed by atoms with Crippen molar-refractivity contribution in [1.82, 2.24) is 0 Å². The minimum absolute atomic E-state index is 0.137. The number of benzene rings is 2. The third-order valence-electron chi connectivity index (χ3n) is 4.80. The fraction of sp³-hybridized carbons (Fsp3) is 0.350. The molecule has 1 heterocycles. The average Bonchev–Trinajstić information content (AvgIpc) is 2.59. The Balaban J connectivity index is 2.11. The van der Waals surface area contributed by atoms with Crippen LogP contribution in [0, 0.1) is 13.8 Å². The maximum Gasteiger partial charge on any atom is 0.307 e. The predicted octanol–water partition coefficient (Wildman–Crippen LogP) is 3.08. The summed E-state index contributed by atoms with van der Waals surface area (Å²) in [5, 5.41) is 9.05. The largest absolute Gasteiger partial charge is 0.497 e. The number of aliphatic carboxylic acids is 1. The van der Waals surface area contributed by atoms with Crippen molar-refractivity contribution in [3.63, 3.8) is 0 Å². The molecule has 0 radical (unpaired) electrons. The standard InChI is InChI=1S/C20H23NO5S/c1-13-9-17(26-3)10-14(2)20(13)27(24,25)21-8-4-5-16-7-6-15(11-18(16)21)12-19(22)23/h6-7,9-11H,4-5,8,12H2,1-3H3,(H,22,23). The molecule has 0 aliphatic carbocycles. The first-order valence-electron chi connectivity index (χ1n) is 8.75. The van der Waals surface area contributed by atoms with Gasteiger partial charge in [-0.1, -0.05) is 12.1 Å². The van der Waals surface area contributed by atoms with Crippen LogP contribution in [0.15, 0.2) is 35.2 Å². The number of carboxylic acid groups (broad SMARTS) is 1. The second-order valence-corrected chi connectivity index (χ2v) is 8.60. The quantitative estimate of drug-likeness (QED) is 0.850. The molecule has 0 atom stereocenters. The van der Waals surface area contributed by atoms with Crippen LogP contribution in [0.25, 0.3) is 0 Å². The summed E-state index contributed by atoms with van der Waals surface area (Å²) in [6, 6.07) is 8.71. The molecule has 0 unspecified atom stereocenters. The van der Waals surface area contributed by atoms with Gasteiger partial charge in [0, 0.05) is 6.54 Å². The molecule has 1 aliphatic heterocycles. The molecule has 27 heavy (non-hydrogen) atoms. The molecule has 0 saturated carbocycles. The molecule has 6 nitrogen and oxygen atoms in total. The number of carboxylic acids is 1. The van der Waals surface area contributed by atoms with E-state index in [-0.39, 0.29) is 11.3 Å². The van der Waals surface area contributed by atoms with Crippen LogP contribution in [0.5, 0.6) is 5.75 Å². The van der Waals surface area contributed by atoms with Crippen molar-refractivity contribution in [2.24, 2.45) is 0 Å². The summed E-state index contributed by atoms with van der Waals surface area (Å²) in [4.78, 5) is 11.3.